The van der Waals surface area contributed by atoms with Crippen molar-refractivity contribution in [2.45, 2.75) is 19.0 Å². The van der Waals surface area contributed by atoms with Gasteiger partial charge in [0.2, 0.25) is 11.8 Å². The second-order valence-electron chi connectivity index (χ2n) is 9.31. The third-order valence-corrected chi connectivity index (χ3v) is 7.57. The molecule has 0 unspecified atom stereocenters. The van der Waals surface area contributed by atoms with E-state index >= 15 is 0 Å². The molecule has 3 aromatic carbocycles. The van der Waals surface area contributed by atoms with Crippen molar-refractivity contribution in [2.75, 3.05) is 4.90 Å². The van der Waals surface area contributed by atoms with E-state index in [0.29, 0.717) is 16.1 Å². The molecule has 3 aliphatic heterocycles. The summed E-state index contributed by atoms with van der Waals surface area (Å²) in [6, 6.07) is 16.2. The zero-order valence-corrected chi connectivity index (χ0v) is 20.2. The summed E-state index contributed by atoms with van der Waals surface area (Å²) >= 11 is 6.01. The van der Waals surface area contributed by atoms with Gasteiger partial charge >= 0.3 is 0 Å². The van der Waals surface area contributed by atoms with Gasteiger partial charge in [-0.25, -0.2) is 4.90 Å². The summed E-state index contributed by atoms with van der Waals surface area (Å²) in [4.78, 5) is 53.5. The average Bonchev–Trinajstić information content (AvgIpc) is 3.36. The normalized spacial score (nSPS) is 23.6. The highest BCUT2D eigenvalue weighted by Crippen LogP contribution is 2.53. The lowest BCUT2D eigenvalue weighted by molar-refractivity contribution is -0.384. The summed E-state index contributed by atoms with van der Waals surface area (Å²) in [6.07, 6.45) is 1.64. The van der Waals surface area contributed by atoms with Gasteiger partial charge in [-0.1, -0.05) is 35.9 Å². The second kappa shape index (κ2) is 8.35. The first kappa shape index (κ1) is 23.1. The molecule has 0 aromatic heterocycles. The van der Waals surface area contributed by atoms with Crippen LogP contribution < -0.4 is 4.90 Å². The molecule has 6 rings (SSSR count). The number of Topliss-reactive ketones (excluding diaryl/α,β-unsaturated/α-hetero) is 1. The minimum absolute atomic E-state index is 0.141. The predicted molar refractivity (Wildman–Crippen MR) is 135 cm³/mol. The lowest BCUT2D eigenvalue weighted by atomic mass is 9.83. The number of hydrazone groups is 1. The number of imide groups is 1. The number of hydrogen-bond acceptors (Lipinski definition) is 7. The molecule has 184 valence electrons. The number of carbonyl (C=O) groups is 3. The quantitative estimate of drug-likeness (QED) is 0.222. The fourth-order valence-electron chi connectivity index (χ4n) is 5.69. The molecule has 0 aliphatic carbocycles. The minimum Gasteiger partial charge on any atom is -0.292 e. The Bertz CT molecular complexity index is 1540. The van der Waals surface area contributed by atoms with Crippen LogP contribution in [0.2, 0.25) is 5.02 Å². The number of hydrogen-bond donors (Lipinski definition) is 0. The molecule has 3 aliphatic rings. The SMILES string of the molecule is Cc1cc([N+](=O)[O-])ccc1N1C(=O)[C@@H]2[C@H](C1=O)[C@H]1c3ccccc3C=NN1[C@H]2C(=O)c1ccc(Cl)cc1. The zero-order chi connectivity index (χ0) is 26.0. The molecule has 0 spiro atoms. The van der Waals surface area contributed by atoms with E-state index in [0.717, 1.165) is 16.0 Å². The number of ketones is 1. The van der Waals surface area contributed by atoms with Crippen molar-refractivity contribution < 1.29 is 19.3 Å². The number of fused-ring (bicyclic) bond motifs is 5. The summed E-state index contributed by atoms with van der Waals surface area (Å²) in [5, 5.41) is 17.8. The summed E-state index contributed by atoms with van der Waals surface area (Å²) in [5.74, 6) is -3.17. The Morgan fingerprint density at radius 3 is 2.41 bits per heavy atom. The topological polar surface area (TPSA) is 113 Å². The average molecular weight is 515 g/mol. The molecular weight excluding hydrogens is 496 g/mol. The maximum Gasteiger partial charge on any atom is 0.269 e. The first-order valence-electron chi connectivity index (χ1n) is 11.6. The number of halogens is 1. The zero-order valence-electron chi connectivity index (χ0n) is 19.4. The van der Waals surface area contributed by atoms with Crippen LogP contribution in [0.5, 0.6) is 0 Å². The number of nitro benzene ring substituents is 1. The van der Waals surface area contributed by atoms with Crippen molar-refractivity contribution in [3.8, 4) is 0 Å². The van der Waals surface area contributed by atoms with Gasteiger partial charge in [-0.2, -0.15) is 5.10 Å². The Balaban J connectivity index is 1.49. The van der Waals surface area contributed by atoms with E-state index in [1.807, 2.05) is 24.3 Å². The highest BCUT2D eigenvalue weighted by atomic mass is 35.5. The lowest BCUT2D eigenvalue weighted by Crippen LogP contribution is -2.44. The Hall–Kier alpha value is -4.37. The van der Waals surface area contributed by atoms with Gasteiger partial charge in [-0.05, 0) is 53.9 Å². The Morgan fingerprint density at radius 1 is 1.00 bits per heavy atom. The number of anilines is 1. The van der Waals surface area contributed by atoms with Crippen LogP contribution in [-0.2, 0) is 9.59 Å². The molecule has 2 amide bonds. The molecule has 37 heavy (non-hydrogen) atoms. The van der Waals surface area contributed by atoms with Crippen LogP contribution in [0.15, 0.2) is 71.8 Å². The first-order chi connectivity index (χ1) is 17.8. The molecule has 3 heterocycles. The molecule has 10 heteroatoms. The molecule has 0 saturated carbocycles. The number of amides is 2. The van der Waals surface area contributed by atoms with Crippen molar-refractivity contribution in [1.29, 1.82) is 0 Å². The fourth-order valence-corrected chi connectivity index (χ4v) is 5.82. The molecule has 9 nitrogen and oxygen atoms in total. The van der Waals surface area contributed by atoms with Crippen molar-refractivity contribution in [2.24, 2.45) is 16.9 Å². The standard InChI is InChI=1S/C27H19ClN4O5/c1-14-12-18(32(36)37)10-11-20(14)30-26(34)21-22(27(30)35)24(25(33)15-6-8-17(28)9-7-15)31-23(21)19-5-3-2-4-16(19)13-29-31/h2-13,21-24H,1H3/t21-,22+,23+,24+/m0/s1. The van der Waals surface area contributed by atoms with Crippen LogP contribution >= 0.6 is 11.6 Å². The van der Waals surface area contributed by atoms with Crippen LogP contribution in [0.1, 0.15) is 33.1 Å². The maximum absolute atomic E-state index is 13.9. The second-order valence-corrected chi connectivity index (χ2v) is 9.74. The first-order valence-corrected chi connectivity index (χ1v) is 12.0. The third-order valence-electron chi connectivity index (χ3n) is 7.32. The van der Waals surface area contributed by atoms with Gasteiger partial charge in [0.15, 0.2) is 5.78 Å². The summed E-state index contributed by atoms with van der Waals surface area (Å²) in [7, 11) is 0. The predicted octanol–water partition coefficient (Wildman–Crippen LogP) is 4.32. The number of non-ortho nitro benzene ring substituents is 1. The number of carbonyl (C=O) groups excluding carboxylic acids is 3. The summed E-state index contributed by atoms with van der Waals surface area (Å²) in [5.41, 5.74) is 2.52. The largest absolute Gasteiger partial charge is 0.292 e. The molecule has 0 N–H and O–H groups in total. The van der Waals surface area contributed by atoms with Crippen LogP contribution in [-0.4, -0.2) is 39.8 Å². The van der Waals surface area contributed by atoms with E-state index in [2.05, 4.69) is 5.10 Å². The van der Waals surface area contributed by atoms with E-state index < -0.39 is 40.7 Å². The van der Waals surface area contributed by atoms with E-state index in [-0.39, 0.29) is 17.2 Å². The van der Waals surface area contributed by atoms with Gasteiger partial charge < -0.3 is 0 Å². The summed E-state index contributed by atoms with van der Waals surface area (Å²) < 4.78 is 0. The Labute approximate surface area is 216 Å². The van der Waals surface area contributed by atoms with Gasteiger partial charge in [-0.15, -0.1) is 0 Å². The van der Waals surface area contributed by atoms with Gasteiger partial charge in [-0.3, -0.25) is 29.5 Å². The lowest BCUT2D eigenvalue weighted by Gasteiger charge is -2.34. The smallest absolute Gasteiger partial charge is 0.269 e. The van der Waals surface area contributed by atoms with E-state index in [4.69, 9.17) is 11.6 Å². The molecular formula is C27H19ClN4O5. The highest BCUT2D eigenvalue weighted by Gasteiger charge is 2.65. The highest BCUT2D eigenvalue weighted by molar-refractivity contribution is 6.30. The molecule has 0 radical (unpaired) electrons. The van der Waals surface area contributed by atoms with Crippen molar-refractivity contribution in [1.82, 2.24) is 5.01 Å². The third kappa shape index (κ3) is 3.38. The van der Waals surface area contributed by atoms with Crippen molar-refractivity contribution in [3.63, 3.8) is 0 Å². The van der Waals surface area contributed by atoms with Gasteiger partial charge in [0.25, 0.3) is 5.69 Å². The Morgan fingerprint density at radius 2 is 1.70 bits per heavy atom. The molecule has 0 bridgehead atoms. The monoisotopic (exact) mass is 514 g/mol. The van der Waals surface area contributed by atoms with Crippen LogP contribution in [0.4, 0.5) is 11.4 Å². The fraction of sp³-hybridized carbons (Fsp3) is 0.185. The number of rotatable bonds is 4. The van der Waals surface area contributed by atoms with Gasteiger partial charge in [0.05, 0.1) is 34.7 Å². The number of aryl methyl sites for hydroxylation is 1. The Kier molecular flexibility index (Phi) is 5.20. The van der Waals surface area contributed by atoms with Crippen LogP contribution in [0, 0.1) is 28.9 Å². The van der Waals surface area contributed by atoms with Crippen molar-refractivity contribution >= 4 is 46.8 Å². The van der Waals surface area contributed by atoms with E-state index in [1.54, 1.807) is 42.4 Å². The van der Waals surface area contributed by atoms with E-state index in [1.165, 1.54) is 18.2 Å². The molecule has 3 aromatic rings. The number of nitrogens with zero attached hydrogens (tertiary/aromatic N) is 4. The number of nitro groups is 1. The molecule has 2 fully saturated rings. The molecule has 4 atom stereocenters. The van der Waals surface area contributed by atoms with Gasteiger partial charge in [0, 0.05) is 22.7 Å². The maximum atomic E-state index is 13.9. The number of benzene rings is 3. The van der Waals surface area contributed by atoms with E-state index in [9.17, 15) is 24.5 Å². The van der Waals surface area contributed by atoms with Crippen molar-refractivity contribution in [3.05, 3.63) is 104 Å². The van der Waals surface area contributed by atoms with Crippen LogP contribution in [0.25, 0.3) is 0 Å². The van der Waals surface area contributed by atoms with Crippen LogP contribution in [0.3, 0.4) is 0 Å². The van der Waals surface area contributed by atoms with Gasteiger partial charge in [0.1, 0.15) is 6.04 Å². The molecule has 2 saturated heterocycles. The minimum atomic E-state index is -1.01. The summed E-state index contributed by atoms with van der Waals surface area (Å²) in [6.45, 7) is 1.61.